The van der Waals surface area contributed by atoms with Crippen LogP contribution in [0, 0.1) is 5.92 Å². The van der Waals surface area contributed by atoms with E-state index in [1.165, 1.54) is 12.2 Å². The van der Waals surface area contributed by atoms with E-state index >= 15 is 0 Å². The zero-order chi connectivity index (χ0) is 21.2. The number of unbranched alkanes of at least 4 members (excludes halogenated alkanes) is 5. The number of hydrogen-bond acceptors (Lipinski definition) is 3. The predicted molar refractivity (Wildman–Crippen MR) is 102 cm³/mol. The Kier molecular flexibility index (Phi) is 10.8. The fraction of sp³-hybridized carbons (Fsp3) is 0.762. The van der Waals surface area contributed by atoms with Crippen LogP contribution in [0.15, 0.2) is 23.3 Å². The molecule has 1 aliphatic rings. The van der Waals surface area contributed by atoms with Crippen molar-refractivity contribution < 1.29 is 33.3 Å². The Morgan fingerprint density at radius 3 is 2.46 bits per heavy atom. The second-order valence-electron chi connectivity index (χ2n) is 7.55. The van der Waals surface area contributed by atoms with Crippen LogP contribution in [0.4, 0.5) is 13.2 Å². The molecule has 4 nitrogen and oxygen atoms in total. The van der Waals surface area contributed by atoms with Gasteiger partial charge >= 0.3 is 12.1 Å². The highest BCUT2D eigenvalue weighted by molar-refractivity contribution is 5.66. The number of rotatable bonds is 13. The fourth-order valence-electron chi connectivity index (χ4n) is 3.65. The number of aliphatic carboxylic acids is 1. The Hall–Kier alpha value is -1.34. The maximum atomic E-state index is 13.4. The molecule has 0 heterocycles. The zero-order valence-corrected chi connectivity index (χ0v) is 16.5. The van der Waals surface area contributed by atoms with Crippen LogP contribution < -0.4 is 0 Å². The van der Waals surface area contributed by atoms with Crippen LogP contribution in [0.5, 0.6) is 0 Å². The van der Waals surface area contributed by atoms with Crippen molar-refractivity contribution >= 4 is 5.97 Å². The highest BCUT2D eigenvalue weighted by Crippen LogP contribution is 2.44. The van der Waals surface area contributed by atoms with E-state index < -0.39 is 42.3 Å². The summed E-state index contributed by atoms with van der Waals surface area (Å²) in [7, 11) is 0. The lowest BCUT2D eigenvalue weighted by Crippen LogP contribution is -2.15. The molecule has 0 unspecified atom stereocenters. The van der Waals surface area contributed by atoms with Crippen LogP contribution in [0.2, 0.25) is 0 Å². The molecule has 0 aromatic heterocycles. The smallest absolute Gasteiger partial charge is 0.412 e. The number of halogens is 3. The molecule has 0 saturated carbocycles. The van der Waals surface area contributed by atoms with Crippen molar-refractivity contribution in [3.8, 4) is 0 Å². The molecule has 0 saturated heterocycles. The van der Waals surface area contributed by atoms with Crippen molar-refractivity contribution in [2.75, 3.05) is 0 Å². The number of alkyl halides is 3. The lowest BCUT2D eigenvalue weighted by molar-refractivity contribution is -0.137. The number of hydrogen-bond donors (Lipinski definition) is 3. The summed E-state index contributed by atoms with van der Waals surface area (Å²) in [5, 5.41) is 28.8. The van der Waals surface area contributed by atoms with Crippen LogP contribution in [0.1, 0.15) is 77.6 Å². The van der Waals surface area contributed by atoms with E-state index in [-0.39, 0.29) is 18.4 Å². The van der Waals surface area contributed by atoms with Crippen LogP contribution in [0.25, 0.3) is 0 Å². The first-order valence-electron chi connectivity index (χ1n) is 10.2. The summed E-state index contributed by atoms with van der Waals surface area (Å²) in [6.45, 7) is 2.05. The average molecular weight is 406 g/mol. The normalized spacial score (nSPS) is 21.6. The molecule has 0 aromatic rings. The molecular formula is C21H33F3O4. The molecule has 0 spiro atoms. The highest BCUT2D eigenvalue weighted by atomic mass is 19.4. The average Bonchev–Trinajstić information content (AvgIpc) is 2.92. The zero-order valence-electron chi connectivity index (χ0n) is 16.5. The molecule has 1 aliphatic carbocycles. The van der Waals surface area contributed by atoms with Crippen molar-refractivity contribution in [3.05, 3.63) is 23.3 Å². The van der Waals surface area contributed by atoms with E-state index in [4.69, 9.17) is 5.11 Å². The first-order chi connectivity index (χ1) is 13.2. The van der Waals surface area contributed by atoms with Gasteiger partial charge in [-0.3, -0.25) is 4.79 Å². The Morgan fingerprint density at radius 1 is 1.18 bits per heavy atom. The van der Waals surface area contributed by atoms with E-state index in [1.54, 1.807) is 0 Å². The van der Waals surface area contributed by atoms with Crippen LogP contribution in [0.3, 0.4) is 0 Å². The molecule has 7 heteroatoms. The van der Waals surface area contributed by atoms with Gasteiger partial charge in [-0.1, -0.05) is 56.8 Å². The maximum absolute atomic E-state index is 13.4. The van der Waals surface area contributed by atoms with Crippen molar-refractivity contribution in [1.29, 1.82) is 0 Å². The molecule has 1 rings (SSSR count). The Balaban J connectivity index is 2.71. The first kappa shape index (κ1) is 24.7. The summed E-state index contributed by atoms with van der Waals surface area (Å²) in [6.07, 6.45) is 2.34. The third-order valence-electron chi connectivity index (χ3n) is 5.19. The van der Waals surface area contributed by atoms with Crippen molar-refractivity contribution in [2.24, 2.45) is 5.92 Å². The summed E-state index contributed by atoms with van der Waals surface area (Å²) in [4.78, 5) is 10.5. The lowest BCUT2D eigenvalue weighted by Gasteiger charge is -2.17. The van der Waals surface area contributed by atoms with Gasteiger partial charge in [-0.25, -0.2) is 0 Å². The minimum absolute atomic E-state index is 0.0660. The third kappa shape index (κ3) is 8.78. The Bertz CT molecular complexity index is 540. The largest absolute Gasteiger partial charge is 0.481 e. The second-order valence-corrected chi connectivity index (χ2v) is 7.55. The predicted octanol–water partition coefficient (Wildman–Crippen LogP) is 5.15. The highest BCUT2D eigenvalue weighted by Gasteiger charge is 2.44. The minimum Gasteiger partial charge on any atom is -0.481 e. The van der Waals surface area contributed by atoms with Gasteiger partial charge < -0.3 is 15.3 Å². The molecule has 0 aromatic carbocycles. The van der Waals surface area contributed by atoms with E-state index in [9.17, 15) is 28.2 Å². The minimum atomic E-state index is -4.47. The number of aliphatic hydroxyl groups is 2. The van der Waals surface area contributed by atoms with Gasteiger partial charge in [0.2, 0.25) is 0 Å². The van der Waals surface area contributed by atoms with Gasteiger partial charge in [-0.05, 0) is 25.7 Å². The van der Waals surface area contributed by atoms with Crippen LogP contribution in [-0.2, 0) is 4.79 Å². The van der Waals surface area contributed by atoms with E-state index in [2.05, 4.69) is 6.92 Å². The quantitative estimate of drug-likeness (QED) is 0.292. The fourth-order valence-corrected chi connectivity index (χ4v) is 3.65. The molecule has 0 aliphatic heterocycles. The Morgan fingerprint density at radius 2 is 1.86 bits per heavy atom. The summed E-state index contributed by atoms with van der Waals surface area (Å²) in [5.41, 5.74) is -0.448. The number of aliphatic hydroxyl groups excluding tert-OH is 2. The first-order valence-corrected chi connectivity index (χ1v) is 10.2. The lowest BCUT2D eigenvalue weighted by atomic mass is 9.92. The van der Waals surface area contributed by atoms with Crippen LogP contribution in [-0.4, -0.2) is 39.7 Å². The molecule has 3 atom stereocenters. The second kappa shape index (κ2) is 12.3. The maximum Gasteiger partial charge on any atom is 0.412 e. The molecule has 0 radical (unpaired) electrons. The number of carboxylic acids is 1. The monoisotopic (exact) mass is 406 g/mol. The van der Waals surface area contributed by atoms with Gasteiger partial charge in [0.15, 0.2) is 0 Å². The molecule has 28 heavy (non-hydrogen) atoms. The van der Waals surface area contributed by atoms with E-state index in [1.807, 2.05) is 0 Å². The summed E-state index contributed by atoms with van der Waals surface area (Å²) in [6, 6.07) is 0. The van der Waals surface area contributed by atoms with Gasteiger partial charge in [0.1, 0.15) is 0 Å². The van der Waals surface area contributed by atoms with Gasteiger partial charge in [0, 0.05) is 24.3 Å². The van der Waals surface area contributed by atoms with Crippen molar-refractivity contribution in [1.82, 2.24) is 0 Å². The number of carbonyl (C=O) groups is 1. The molecule has 0 bridgehead atoms. The summed E-state index contributed by atoms with van der Waals surface area (Å²) < 4.78 is 40.1. The van der Waals surface area contributed by atoms with Crippen molar-refractivity contribution in [3.63, 3.8) is 0 Å². The van der Waals surface area contributed by atoms with Crippen LogP contribution >= 0.6 is 0 Å². The molecule has 162 valence electrons. The molecular weight excluding hydrogens is 373 g/mol. The van der Waals surface area contributed by atoms with Gasteiger partial charge in [0.25, 0.3) is 0 Å². The SMILES string of the molecule is CCCCC[C@H](O)C=C[C@@H]1C(CCCCCCC(=O)O)=C(C(F)(F)F)C[C@H]1O. The molecule has 0 fully saturated rings. The number of carboxylic acid groups (broad SMARTS) is 1. The van der Waals surface area contributed by atoms with E-state index in [0.717, 1.165) is 19.3 Å². The van der Waals surface area contributed by atoms with Gasteiger partial charge in [-0.2, -0.15) is 13.2 Å². The third-order valence-corrected chi connectivity index (χ3v) is 5.19. The van der Waals surface area contributed by atoms with Gasteiger partial charge in [-0.15, -0.1) is 0 Å². The molecule has 3 N–H and O–H groups in total. The standard InChI is InChI=1S/C21H33F3O4/c1-2-3-6-9-15(25)12-13-17-16(10-7-4-5-8-11-20(27)28)18(14-19(17)26)21(22,23)24/h12-13,15,17,19,25-26H,2-11,14H2,1H3,(H,27,28)/t15-,17+,19+/m0/s1. The molecule has 0 amide bonds. The Labute approximate surface area is 165 Å². The topological polar surface area (TPSA) is 77.8 Å². The van der Waals surface area contributed by atoms with E-state index in [0.29, 0.717) is 32.1 Å². The van der Waals surface area contributed by atoms with Gasteiger partial charge in [0.05, 0.1) is 12.2 Å². The summed E-state index contributed by atoms with van der Waals surface area (Å²) in [5.74, 6) is -1.60. The van der Waals surface area contributed by atoms with Crippen molar-refractivity contribution in [2.45, 2.75) is 95.9 Å². The summed E-state index contributed by atoms with van der Waals surface area (Å²) >= 11 is 0.